The lowest BCUT2D eigenvalue weighted by molar-refractivity contribution is 0.0219. The number of benzene rings is 1. The molecule has 0 heterocycles. The fraction of sp³-hybridized carbons (Fsp3) is 0.300. The molecule has 80 valence electrons. The number of para-hydroxylation sites is 1. The van der Waals surface area contributed by atoms with Crippen molar-refractivity contribution in [3.63, 3.8) is 0 Å². The number of nitrogens with zero attached hydrogens (tertiary/aromatic N) is 1. The van der Waals surface area contributed by atoms with Gasteiger partial charge in [-0.25, -0.2) is 4.39 Å². The van der Waals surface area contributed by atoms with Crippen molar-refractivity contribution in [1.29, 1.82) is 5.26 Å². The van der Waals surface area contributed by atoms with Gasteiger partial charge in [0.2, 0.25) is 0 Å². The first-order chi connectivity index (χ1) is 7.07. The van der Waals surface area contributed by atoms with Crippen molar-refractivity contribution < 1.29 is 14.6 Å². The van der Waals surface area contributed by atoms with Crippen LogP contribution in [0, 0.1) is 17.1 Å². The van der Waals surface area contributed by atoms with Crippen molar-refractivity contribution in [2.24, 2.45) is 0 Å². The normalized spacial score (nSPS) is 14.3. The Kier molecular flexibility index (Phi) is 3.61. The minimum absolute atomic E-state index is 0.0951. The molecule has 0 aliphatic rings. The number of aliphatic hydroxyl groups excluding tert-OH is 2. The van der Waals surface area contributed by atoms with E-state index in [9.17, 15) is 14.6 Å². The second-order valence-electron chi connectivity index (χ2n) is 3.12. The van der Waals surface area contributed by atoms with E-state index in [1.54, 1.807) is 6.07 Å². The first-order valence-corrected chi connectivity index (χ1v) is 4.35. The summed E-state index contributed by atoms with van der Waals surface area (Å²) in [6, 6.07) is 5.65. The number of nitrogens with two attached hydrogens (primary N) is 1. The molecule has 2 unspecified atom stereocenters. The Morgan fingerprint density at radius 3 is 2.73 bits per heavy atom. The van der Waals surface area contributed by atoms with E-state index in [4.69, 9.17) is 11.0 Å². The number of nitrogen functional groups attached to an aromatic ring is 1. The Hall–Kier alpha value is -1.64. The van der Waals surface area contributed by atoms with Gasteiger partial charge in [-0.1, -0.05) is 12.1 Å². The fourth-order valence-corrected chi connectivity index (χ4v) is 1.22. The summed E-state index contributed by atoms with van der Waals surface area (Å²) in [6.45, 7) is 0. The van der Waals surface area contributed by atoms with Crippen LogP contribution in [-0.2, 0) is 0 Å². The van der Waals surface area contributed by atoms with Crippen molar-refractivity contribution in [2.75, 3.05) is 5.73 Å². The lowest BCUT2D eigenvalue weighted by Crippen LogP contribution is -2.19. The highest BCUT2D eigenvalue weighted by Crippen LogP contribution is 2.26. The summed E-state index contributed by atoms with van der Waals surface area (Å²) in [6.07, 6.45) is -2.85. The van der Waals surface area contributed by atoms with Gasteiger partial charge in [-0.2, -0.15) is 5.26 Å². The van der Waals surface area contributed by atoms with Gasteiger partial charge in [0.25, 0.3) is 0 Å². The highest BCUT2D eigenvalue weighted by molar-refractivity contribution is 5.49. The van der Waals surface area contributed by atoms with Gasteiger partial charge in [-0.15, -0.1) is 0 Å². The van der Waals surface area contributed by atoms with E-state index >= 15 is 0 Å². The predicted molar refractivity (Wildman–Crippen MR) is 52.0 cm³/mol. The Bertz CT molecular complexity index is 389. The Morgan fingerprint density at radius 2 is 2.13 bits per heavy atom. The van der Waals surface area contributed by atoms with Crippen molar-refractivity contribution in [2.45, 2.75) is 18.6 Å². The molecule has 4 nitrogen and oxygen atoms in total. The Morgan fingerprint density at radius 1 is 1.47 bits per heavy atom. The highest BCUT2D eigenvalue weighted by atomic mass is 19.1. The minimum Gasteiger partial charge on any atom is -0.396 e. The summed E-state index contributed by atoms with van der Waals surface area (Å²) < 4.78 is 13.0. The molecule has 1 aromatic carbocycles. The summed E-state index contributed by atoms with van der Waals surface area (Å²) >= 11 is 0. The monoisotopic (exact) mass is 210 g/mol. The standard InChI is InChI=1S/C10H11FN2O2/c11-7-3-1-2-6(9(7)13)10(15)8(14)4-5-12/h1-3,8,10,14-15H,4,13H2. The summed E-state index contributed by atoms with van der Waals surface area (Å²) in [5.74, 6) is -0.657. The summed E-state index contributed by atoms with van der Waals surface area (Å²) in [4.78, 5) is 0. The molecule has 0 aromatic heterocycles. The summed E-state index contributed by atoms with van der Waals surface area (Å²) in [5, 5.41) is 27.2. The van der Waals surface area contributed by atoms with E-state index in [-0.39, 0.29) is 17.7 Å². The number of hydrogen-bond acceptors (Lipinski definition) is 4. The molecule has 0 saturated heterocycles. The number of anilines is 1. The summed E-state index contributed by atoms with van der Waals surface area (Å²) in [7, 11) is 0. The smallest absolute Gasteiger partial charge is 0.146 e. The summed E-state index contributed by atoms with van der Waals surface area (Å²) in [5.41, 5.74) is 5.28. The lowest BCUT2D eigenvalue weighted by atomic mass is 10.0. The second kappa shape index (κ2) is 4.73. The average Bonchev–Trinajstić information content (AvgIpc) is 2.21. The minimum atomic E-state index is -1.35. The topological polar surface area (TPSA) is 90.3 Å². The van der Waals surface area contributed by atoms with E-state index in [1.165, 1.54) is 12.1 Å². The molecule has 0 bridgehead atoms. The van der Waals surface area contributed by atoms with Gasteiger partial charge < -0.3 is 15.9 Å². The molecular weight excluding hydrogens is 199 g/mol. The predicted octanol–water partition coefficient (Wildman–Crippen LogP) is 0.716. The van der Waals surface area contributed by atoms with Crippen LogP contribution in [0.25, 0.3) is 0 Å². The number of rotatable bonds is 3. The fourth-order valence-electron chi connectivity index (χ4n) is 1.22. The molecule has 0 radical (unpaired) electrons. The zero-order valence-electron chi connectivity index (χ0n) is 7.89. The molecule has 0 amide bonds. The van der Waals surface area contributed by atoms with Gasteiger partial charge in [0.05, 0.1) is 24.3 Å². The van der Waals surface area contributed by atoms with Crippen molar-refractivity contribution in [1.82, 2.24) is 0 Å². The van der Waals surface area contributed by atoms with Crippen molar-refractivity contribution in [3.8, 4) is 6.07 Å². The third-order valence-electron chi connectivity index (χ3n) is 2.07. The molecular formula is C10H11FN2O2. The van der Waals surface area contributed by atoms with E-state index in [1.807, 2.05) is 0 Å². The quantitative estimate of drug-likeness (QED) is 0.641. The Labute approximate surface area is 86.4 Å². The molecule has 0 fully saturated rings. The van der Waals surface area contributed by atoms with Crippen LogP contribution < -0.4 is 5.73 Å². The van der Waals surface area contributed by atoms with Crippen LogP contribution >= 0.6 is 0 Å². The maximum Gasteiger partial charge on any atom is 0.146 e. The van der Waals surface area contributed by atoms with Gasteiger partial charge in [0.15, 0.2) is 0 Å². The average molecular weight is 210 g/mol. The van der Waals surface area contributed by atoms with Gasteiger partial charge in [0.1, 0.15) is 11.9 Å². The van der Waals surface area contributed by atoms with Crippen LogP contribution in [0.2, 0.25) is 0 Å². The van der Waals surface area contributed by atoms with Crippen LogP contribution in [0.3, 0.4) is 0 Å². The molecule has 0 aliphatic heterocycles. The molecule has 1 rings (SSSR count). The number of nitriles is 1. The molecule has 15 heavy (non-hydrogen) atoms. The van der Waals surface area contributed by atoms with Crippen molar-refractivity contribution >= 4 is 5.69 Å². The lowest BCUT2D eigenvalue weighted by Gasteiger charge is -2.17. The highest BCUT2D eigenvalue weighted by Gasteiger charge is 2.21. The first kappa shape index (κ1) is 11.4. The first-order valence-electron chi connectivity index (χ1n) is 4.35. The van der Waals surface area contributed by atoms with Gasteiger partial charge in [0, 0.05) is 5.56 Å². The van der Waals surface area contributed by atoms with E-state index < -0.39 is 18.0 Å². The number of halogens is 1. The number of hydrogen-bond donors (Lipinski definition) is 3. The maximum absolute atomic E-state index is 13.0. The third-order valence-corrected chi connectivity index (χ3v) is 2.07. The Balaban J connectivity index is 2.96. The van der Waals surface area contributed by atoms with Crippen LogP contribution in [0.5, 0.6) is 0 Å². The van der Waals surface area contributed by atoms with Crippen LogP contribution in [-0.4, -0.2) is 16.3 Å². The number of aliphatic hydroxyl groups is 2. The largest absolute Gasteiger partial charge is 0.396 e. The molecule has 0 saturated carbocycles. The third kappa shape index (κ3) is 2.43. The molecule has 0 aliphatic carbocycles. The molecule has 5 heteroatoms. The molecule has 2 atom stereocenters. The zero-order chi connectivity index (χ0) is 11.4. The van der Waals surface area contributed by atoms with Crippen LogP contribution in [0.15, 0.2) is 18.2 Å². The van der Waals surface area contributed by atoms with E-state index in [2.05, 4.69) is 0 Å². The SMILES string of the molecule is N#CCC(O)C(O)c1cccc(F)c1N. The van der Waals surface area contributed by atoms with Crippen LogP contribution in [0.1, 0.15) is 18.1 Å². The van der Waals surface area contributed by atoms with E-state index in [0.29, 0.717) is 0 Å². The van der Waals surface area contributed by atoms with Crippen molar-refractivity contribution in [3.05, 3.63) is 29.6 Å². The van der Waals surface area contributed by atoms with Gasteiger partial charge >= 0.3 is 0 Å². The van der Waals surface area contributed by atoms with Gasteiger partial charge in [-0.05, 0) is 6.07 Å². The van der Waals surface area contributed by atoms with Gasteiger partial charge in [-0.3, -0.25) is 0 Å². The van der Waals surface area contributed by atoms with Crippen LogP contribution in [0.4, 0.5) is 10.1 Å². The van der Waals surface area contributed by atoms with E-state index in [0.717, 1.165) is 6.07 Å². The molecule has 4 N–H and O–H groups in total. The molecule has 1 aromatic rings. The second-order valence-corrected chi connectivity index (χ2v) is 3.12. The zero-order valence-corrected chi connectivity index (χ0v) is 7.89. The maximum atomic E-state index is 13.0. The molecule has 0 spiro atoms.